The van der Waals surface area contributed by atoms with Crippen LogP contribution in [0.2, 0.25) is 0 Å². The fraction of sp³-hybridized carbons (Fsp3) is 0.500. The minimum atomic E-state index is -0.490. The third-order valence-corrected chi connectivity index (χ3v) is 3.22. The lowest BCUT2D eigenvalue weighted by Crippen LogP contribution is -2.37. The van der Waals surface area contributed by atoms with Crippen LogP contribution in [-0.2, 0) is 16.0 Å². The van der Waals surface area contributed by atoms with Crippen LogP contribution >= 0.6 is 0 Å². The molecule has 0 unspecified atom stereocenters. The van der Waals surface area contributed by atoms with Crippen molar-refractivity contribution < 1.29 is 9.53 Å². The van der Waals surface area contributed by atoms with Gasteiger partial charge in [-0.05, 0) is 37.7 Å². The normalized spacial score (nSPS) is 17.2. The van der Waals surface area contributed by atoms with Crippen molar-refractivity contribution in [1.82, 2.24) is 0 Å². The highest BCUT2D eigenvalue weighted by molar-refractivity contribution is 5.75. The topological polar surface area (TPSA) is 52.3 Å². The molecule has 2 rings (SSSR count). The van der Waals surface area contributed by atoms with E-state index >= 15 is 0 Å². The Hall–Kier alpha value is -1.35. The maximum Gasteiger partial charge on any atom is 0.323 e. The van der Waals surface area contributed by atoms with Crippen LogP contribution in [0.25, 0.3) is 0 Å². The number of benzene rings is 1. The second kappa shape index (κ2) is 5.82. The molecule has 1 fully saturated rings. The SMILES string of the molecule is N[C@@H](CCc1ccccc1)C(=O)OC1CCC1. The van der Waals surface area contributed by atoms with Crippen LogP contribution in [0.5, 0.6) is 0 Å². The van der Waals surface area contributed by atoms with E-state index in [0.29, 0.717) is 6.42 Å². The Morgan fingerprint density at radius 2 is 2.06 bits per heavy atom. The van der Waals surface area contributed by atoms with Crippen LogP contribution in [-0.4, -0.2) is 18.1 Å². The molecule has 0 radical (unpaired) electrons. The first-order valence-corrected chi connectivity index (χ1v) is 6.25. The minimum absolute atomic E-state index is 0.130. The van der Waals surface area contributed by atoms with E-state index in [1.165, 1.54) is 5.56 Å². The number of carbonyl (C=O) groups excluding carboxylic acids is 1. The van der Waals surface area contributed by atoms with Gasteiger partial charge in [-0.2, -0.15) is 0 Å². The molecule has 1 aliphatic carbocycles. The van der Waals surface area contributed by atoms with Crippen molar-refractivity contribution in [2.45, 2.75) is 44.2 Å². The summed E-state index contributed by atoms with van der Waals surface area (Å²) in [5.41, 5.74) is 7.03. The second-order valence-corrected chi connectivity index (χ2v) is 4.62. The number of esters is 1. The molecule has 1 aliphatic rings. The van der Waals surface area contributed by atoms with E-state index in [2.05, 4.69) is 0 Å². The van der Waals surface area contributed by atoms with Crippen LogP contribution in [0.3, 0.4) is 0 Å². The van der Waals surface area contributed by atoms with E-state index in [-0.39, 0.29) is 12.1 Å². The highest BCUT2D eigenvalue weighted by atomic mass is 16.5. The predicted octanol–water partition coefficient (Wildman–Crippen LogP) is 2.04. The molecule has 17 heavy (non-hydrogen) atoms. The molecule has 92 valence electrons. The zero-order valence-electron chi connectivity index (χ0n) is 9.97. The van der Waals surface area contributed by atoms with Gasteiger partial charge in [0.15, 0.2) is 0 Å². The summed E-state index contributed by atoms with van der Waals surface area (Å²) in [6.07, 6.45) is 4.76. The molecule has 0 amide bonds. The van der Waals surface area contributed by atoms with Crippen LogP contribution in [0.1, 0.15) is 31.2 Å². The lowest BCUT2D eigenvalue weighted by atomic mass is 9.96. The van der Waals surface area contributed by atoms with E-state index in [9.17, 15) is 4.79 Å². The number of rotatable bonds is 5. The summed E-state index contributed by atoms with van der Waals surface area (Å²) in [6, 6.07) is 9.57. The first-order valence-electron chi connectivity index (χ1n) is 6.25. The summed E-state index contributed by atoms with van der Waals surface area (Å²) < 4.78 is 5.27. The van der Waals surface area contributed by atoms with E-state index in [1.54, 1.807) is 0 Å². The van der Waals surface area contributed by atoms with Gasteiger partial charge in [0.25, 0.3) is 0 Å². The average molecular weight is 233 g/mol. The summed E-state index contributed by atoms with van der Waals surface area (Å²) in [4.78, 5) is 11.6. The second-order valence-electron chi connectivity index (χ2n) is 4.62. The lowest BCUT2D eigenvalue weighted by molar-refractivity contribution is -0.154. The van der Waals surface area contributed by atoms with Crippen molar-refractivity contribution in [3.63, 3.8) is 0 Å². The maximum atomic E-state index is 11.6. The van der Waals surface area contributed by atoms with E-state index in [0.717, 1.165) is 25.7 Å². The molecule has 2 N–H and O–H groups in total. The monoisotopic (exact) mass is 233 g/mol. The van der Waals surface area contributed by atoms with Gasteiger partial charge in [-0.25, -0.2) is 0 Å². The van der Waals surface area contributed by atoms with Crippen LogP contribution in [0, 0.1) is 0 Å². The van der Waals surface area contributed by atoms with Crippen molar-refractivity contribution in [2.24, 2.45) is 5.73 Å². The summed E-state index contributed by atoms with van der Waals surface area (Å²) in [6.45, 7) is 0. The van der Waals surface area contributed by atoms with Gasteiger partial charge in [0.1, 0.15) is 12.1 Å². The Kier molecular flexibility index (Phi) is 4.15. The lowest BCUT2D eigenvalue weighted by Gasteiger charge is -2.26. The largest absolute Gasteiger partial charge is 0.461 e. The van der Waals surface area contributed by atoms with Gasteiger partial charge in [-0.15, -0.1) is 0 Å². The molecular weight excluding hydrogens is 214 g/mol. The van der Waals surface area contributed by atoms with Crippen molar-refractivity contribution in [2.75, 3.05) is 0 Å². The Morgan fingerprint density at radius 1 is 1.35 bits per heavy atom. The third kappa shape index (κ3) is 3.56. The first-order chi connectivity index (χ1) is 8.25. The van der Waals surface area contributed by atoms with Gasteiger partial charge in [0.05, 0.1) is 0 Å². The zero-order valence-corrected chi connectivity index (χ0v) is 9.97. The van der Waals surface area contributed by atoms with Gasteiger partial charge in [0.2, 0.25) is 0 Å². The summed E-state index contributed by atoms with van der Waals surface area (Å²) >= 11 is 0. The fourth-order valence-corrected chi connectivity index (χ4v) is 1.83. The first kappa shape index (κ1) is 12.1. The van der Waals surface area contributed by atoms with Gasteiger partial charge in [-0.3, -0.25) is 4.79 Å². The average Bonchev–Trinajstić information content (AvgIpc) is 2.32. The number of ether oxygens (including phenoxy) is 1. The molecule has 0 spiro atoms. The van der Waals surface area contributed by atoms with Crippen LogP contribution in [0.4, 0.5) is 0 Å². The molecule has 0 saturated heterocycles. The van der Waals surface area contributed by atoms with Gasteiger partial charge < -0.3 is 10.5 Å². The van der Waals surface area contributed by atoms with Gasteiger partial charge >= 0.3 is 5.97 Å². The molecule has 1 atom stereocenters. The highest BCUT2D eigenvalue weighted by Gasteiger charge is 2.24. The van der Waals surface area contributed by atoms with Gasteiger partial charge in [0, 0.05) is 0 Å². The summed E-state index contributed by atoms with van der Waals surface area (Å²) in [5.74, 6) is -0.245. The molecule has 1 aromatic carbocycles. The van der Waals surface area contributed by atoms with Crippen molar-refractivity contribution in [3.05, 3.63) is 35.9 Å². The van der Waals surface area contributed by atoms with Gasteiger partial charge in [-0.1, -0.05) is 30.3 Å². The Balaban J connectivity index is 1.72. The van der Waals surface area contributed by atoms with E-state index in [4.69, 9.17) is 10.5 Å². The van der Waals surface area contributed by atoms with E-state index in [1.807, 2.05) is 30.3 Å². The molecule has 0 aromatic heterocycles. The Labute approximate surface area is 102 Å². The quantitative estimate of drug-likeness (QED) is 0.792. The Morgan fingerprint density at radius 3 is 2.65 bits per heavy atom. The number of hydrogen-bond acceptors (Lipinski definition) is 3. The number of carbonyl (C=O) groups is 1. The number of aryl methyl sites for hydroxylation is 1. The Bertz CT molecular complexity index is 360. The summed E-state index contributed by atoms with van der Waals surface area (Å²) in [5, 5.41) is 0. The third-order valence-electron chi connectivity index (χ3n) is 3.22. The minimum Gasteiger partial charge on any atom is -0.461 e. The molecular formula is C14H19NO2. The zero-order chi connectivity index (χ0) is 12.1. The number of nitrogens with two attached hydrogens (primary N) is 1. The number of hydrogen-bond donors (Lipinski definition) is 1. The van der Waals surface area contributed by atoms with Crippen LogP contribution < -0.4 is 5.73 Å². The van der Waals surface area contributed by atoms with E-state index < -0.39 is 6.04 Å². The molecule has 0 aliphatic heterocycles. The standard InChI is InChI=1S/C14H19NO2/c15-13(14(16)17-12-7-4-8-12)10-9-11-5-2-1-3-6-11/h1-3,5-6,12-13H,4,7-10,15H2/t13-/m0/s1. The smallest absolute Gasteiger partial charge is 0.323 e. The molecule has 1 saturated carbocycles. The van der Waals surface area contributed by atoms with Crippen molar-refractivity contribution in [1.29, 1.82) is 0 Å². The highest BCUT2D eigenvalue weighted by Crippen LogP contribution is 2.22. The molecule has 0 heterocycles. The summed E-state index contributed by atoms with van der Waals surface area (Å²) in [7, 11) is 0. The maximum absolute atomic E-state index is 11.6. The van der Waals surface area contributed by atoms with Crippen molar-refractivity contribution in [3.8, 4) is 0 Å². The van der Waals surface area contributed by atoms with Crippen molar-refractivity contribution >= 4 is 5.97 Å². The predicted molar refractivity (Wildman–Crippen MR) is 66.5 cm³/mol. The fourth-order valence-electron chi connectivity index (χ4n) is 1.83. The molecule has 3 heteroatoms. The molecule has 1 aromatic rings. The molecule has 0 bridgehead atoms. The molecule has 3 nitrogen and oxygen atoms in total. The van der Waals surface area contributed by atoms with Crippen LogP contribution in [0.15, 0.2) is 30.3 Å².